The van der Waals surface area contributed by atoms with Crippen LogP contribution >= 0.6 is 0 Å². The molecule has 0 aromatic carbocycles. The van der Waals surface area contributed by atoms with Crippen molar-refractivity contribution in [2.24, 2.45) is 0 Å². The number of imidazole rings is 1. The Morgan fingerprint density at radius 1 is 1.50 bits per heavy atom. The van der Waals surface area contributed by atoms with Gasteiger partial charge in [-0.05, 0) is 13.3 Å². The van der Waals surface area contributed by atoms with E-state index in [2.05, 4.69) is 17.2 Å². The number of hydrogen-bond acceptors (Lipinski definition) is 4. The summed E-state index contributed by atoms with van der Waals surface area (Å²) in [6, 6.07) is 0. The van der Waals surface area contributed by atoms with Crippen molar-refractivity contribution in [3.63, 3.8) is 0 Å². The molecule has 0 saturated heterocycles. The Hall–Kier alpha value is -1.04. The average molecular weight is 245 g/mol. The lowest BCUT2D eigenvalue weighted by atomic mass is 10.5. The number of nitrogens with one attached hydrogen (secondary N) is 1. The van der Waals surface area contributed by atoms with Crippen LogP contribution in [0.15, 0.2) is 6.20 Å². The van der Waals surface area contributed by atoms with Gasteiger partial charge < -0.3 is 9.88 Å². The second kappa shape index (κ2) is 5.34. The molecular weight excluding hydrogens is 226 g/mol. The molecule has 1 N–H and O–H groups in total. The molecule has 1 heterocycles. The zero-order chi connectivity index (χ0) is 12.2. The fraction of sp³-hybridized carbons (Fsp3) is 0.700. The van der Waals surface area contributed by atoms with Crippen LogP contribution in [-0.2, 0) is 16.4 Å². The summed E-state index contributed by atoms with van der Waals surface area (Å²) < 4.78 is 24.0. The topological polar surface area (TPSA) is 64.0 Å². The van der Waals surface area contributed by atoms with Gasteiger partial charge in [-0.25, -0.2) is 13.4 Å². The lowest BCUT2D eigenvalue weighted by molar-refractivity contribution is 0.595. The van der Waals surface area contributed by atoms with Crippen molar-refractivity contribution in [2.45, 2.75) is 26.8 Å². The third kappa shape index (κ3) is 4.22. The van der Waals surface area contributed by atoms with Crippen LogP contribution in [0.4, 0.5) is 5.95 Å². The van der Waals surface area contributed by atoms with Gasteiger partial charge in [-0.3, -0.25) is 0 Å². The first-order chi connectivity index (χ1) is 7.42. The van der Waals surface area contributed by atoms with Gasteiger partial charge in [0.15, 0.2) is 0 Å². The minimum Gasteiger partial charge on any atom is -0.356 e. The van der Waals surface area contributed by atoms with Crippen molar-refractivity contribution in [1.82, 2.24) is 9.55 Å². The maximum Gasteiger partial charge on any atom is 0.203 e. The Labute approximate surface area is 96.8 Å². The highest BCUT2D eigenvalue weighted by molar-refractivity contribution is 7.90. The smallest absolute Gasteiger partial charge is 0.203 e. The fourth-order valence-electron chi connectivity index (χ4n) is 1.36. The molecule has 0 fully saturated rings. The van der Waals surface area contributed by atoms with E-state index in [1.54, 1.807) is 0 Å². The van der Waals surface area contributed by atoms with E-state index < -0.39 is 9.84 Å². The molecule has 1 aromatic rings. The van der Waals surface area contributed by atoms with Gasteiger partial charge in [-0.15, -0.1) is 0 Å². The molecule has 0 aliphatic carbocycles. The number of hydrogen-bond donors (Lipinski definition) is 1. The SMILES string of the molecule is CCCNc1nc(C)cn1CCS(C)(=O)=O. The number of nitrogens with zero attached hydrogens (tertiary/aromatic N) is 2. The molecular formula is C10H19N3O2S. The minimum atomic E-state index is -2.93. The average Bonchev–Trinajstić information content (AvgIpc) is 2.52. The summed E-state index contributed by atoms with van der Waals surface area (Å²) in [7, 11) is -2.93. The maximum absolute atomic E-state index is 11.1. The van der Waals surface area contributed by atoms with E-state index in [-0.39, 0.29) is 5.75 Å². The molecule has 1 rings (SSSR count). The number of sulfone groups is 1. The van der Waals surface area contributed by atoms with Gasteiger partial charge in [0.2, 0.25) is 5.95 Å². The highest BCUT2D eigenvalue weighted by atomic mass is 32.2. The Balaban J connectivity index is 2.70. The maximum atomic E-state index is 11.1. The predicted molar refractivity (Wildman–Crippen MR) is 65.5 cm³/mol. The first kappa shape index (κ1) is 13.0. The van der Waals surface area contributed by atoms with Crippen LogP contribution in [0.5, 0.6) is 0 Å². The highest BCUT2D eigenvalue weighted by Crippen LogP contribution is 2.08. The standard InChI is InChI=1S/C10H19N3O2S/c1-4-5-11-10-12-9(2)8-13(10)6-7-16(3,14)15/h8H,4-7H2,1-3H3,(H,11,12). The molecule has 0 spiro atoms. The van der Waals surface area contributed by atoms with Crippen molar-refractivity contribution in [3.8, 4) is 0 Å². The zero-order valence-corrected chi connectivity index (χ0v) is 10.8. The summed E-state index contributed by atoms with van der Waals surface area (Å²) >= 11 is 0. The molecule has 0 amide bonds. The zero-order valence-electron chi connectivity index (χ0n) is 10.0. The van der Waals surface area contributed by atoms with Gasteiger partial charge in [0, 0.05) is 25.5 Å². The normalized spacial score (nSPS) is 11.7. The van der Waals surface area contributed by atoms with E-state index in [0.29, 0.717) is 6.54 Å². The summed E-state index contributed by atoms with van der Waals surface area (Å²) in [4.78, 5) is 4.31. The number of anilines is 1. The molecule has 5 nitrogen and oxygen atoms in total. The number of rotatable bonds is 6. The Kier molecular flexibility index (Phi) is 4.35. The Bertz CT molecular complexity index is 437. The lowest BCUT2D eigenvalue weighted by Gasteiger charge is -2.07. The molecule has 0 aliphatic rings. The summed E-state index contributed by atoms with van der Waals surface area (Å²) in [5, 5.41) is 3.18. The summed E-state index contributed by atoms with van der Waals surface area (Å²) in [6.07, 6.45) is 4.12. The van der Waals surface area contributed by atoms with Crippen LogP contribution in [0.25, 0.3) is 0 Å². The molecule has 0 unspecified atom stereocenters. The molecule has 16 heavy (non-hydrogen) atoms. The lowest BCUT2D eigenvalue weighted by Crippen LogP contribution is -2.14. The van der Waals surface area contributed by atoms with Crippen molar-refractivity contribution >= 4 is 15.8 Å². The predicted octanol–water partition coefficient (Wildman–Crippen LogP) is 1.06. The second-order valence-electron chi connectivity index (χ2n) is 3.96. The van der Waals surface area contributed by atoms with Crippen LogP contribution in [0.1, 0.15) is 19.0 Å². The van der Waals surface area contributed by atoms with Crippen molar-refractivity contribution in [3.05, 3.63) is 11.9 Å². The van der Waals surface area contributed by atoms with E-state index in [9.17, 15) is 8.42 Å². The molecule has 1 aromatic heterocycles. The number of aryl methyl sites for hydroxylation is 2. The molecule has 0 bridgehead atoms. The molecule has 0 atom stereocenters. The third-order valence-electron chi connectivity index (χ3n) is 2.13. The Morgan fingerprint density at radius 3 is 2.75 bits per heavy atom. The first-order valence-corrected chi connectivity index (χ1v) is 7.44. The van der Waals surface area contributed by atoms with Crippen molar-refractivity contribution in [2.75, 3.05) is 23.9 Å². The van der Waals surface area contributed by atoms with Crippen LogP contribution < -0.4 is 5.32 Å². The largest absolute Gasteiger partial charge is 0.356 e. The van der Waals surface area contributed by atoms with Crippen LogP contribution in [0.3, 0.4) is 0 Å². The Morgan fingerprint density at radius 2 is 2.19 bits per heavy atom. The van der Waals surface area contributed by atoms with Crippen molar-refractivity contribution in [1.29, 1.82) is 0 Å². The summed E-state index contributed by atoms with van der Waals surface area (Å²) in [5.74, 6) is 0.895. The van der Waals surface area contributed by atoms with Crippen LogP contribution in [-0.4, -0.2) is 36.5 Å². The van der Waals surface area contributed by atoms with Gasteiger partial charge >= 0.3 is 0 Å². The van der Waals surface area contributed by atoms with Gasteiger partial charge in [-0.2, -0.15) is 0 Å². The van der Waals surface area contributed by atoms with E-state index in [4.69, 9.17) is 0 Å². The van der Waals surface area contributed by atoms with E-state index in [0.717, 1.165) is 24.6 Å². The minimum absolute atomic E-state index is 0.142. The van der Waals surface area contributed by atoms with E-state index in [1.165, 1.54) is 6.26 Å². The highest BCUT2D eigenvalue weighted by Gasteiger charge is 2.07. The monoisotopic (exact) mass is 245 g/mol. The van der Waals surface area contributed by atoms with Gasteiger partial charge in [-0.1, -0.05) is 6.92 Å². The first-order valence-electron chi connectivity index (χ1n) is 5.37. The van der Waals surface area contributed by atoms with E-state index >= 15 is 0 Å². The third-order valence-corrected chi connectivity index (χ3v) is 3.06. The second-order valence-corrected chi connectivity index (χ2v) is 6.22. The van der Waals surface area contributed by atoms with Gasteiger partial charge in [0.05, 0.1) is 11.4 Å². The molecule has 0 saturated carbocycles. The fourth-order valence-corrected chi connectivity index (χ4v) is 1.89. The number of aromatic nitrogens is 2. The van der Waals surface area contributed by atoms with Gasteiger partial charge in [0.1, 0.15) is 9.84 Å². The summed E-state index contributed by atoms with van der Waals surface area (Å²) in [6.45, 7) is 5.26. The molecule has 6 heteroatoms. The quantitative estimate of drug-likeness (QED) is 0.814. The van der Waals surface area contributed by atoms with Crippen LogP contribution in [0, 0.1) is 6.92 Å². The molecule has 0 aliphatic heterocycles. The summed E-state index contributed by atoms with van der Waals surface area (Å²) in [5.41, 5.74) is 0.895. The van der Waals surface area contributed by atoms with Crippen LogP contribution in [0.2, 0.25) is 0 Å². The van der Waals surface area contributed by atoms with Crippen molar-refractivity contribution < 1.29 is 8.42 Å². The molecule has 0 radical (unpaired) electrons. The van der Waals surface area contributed by atoms with Gasteiger partial charge in [0.25, 0.3) is 0 Å². The van der Waals surface area contributed by atoms with E-state index in [1.807, 2.05) is 17.7 Å². The molecule has 92 valence electrons.